The van der Waals surface area contributed by atoms with Gasteiger partial charge in [0, 0.05) is 12.1 Å². The molecule has 3 heteroatoms. The highest BCUT2D eigenvalue weighted by atomic mass is 35.5. The summed E-state index contributed by atoms with van der Waals surface area (Å²) in [5.74, 6) is 0. The predicted molar refractivity (Wildman–Crippen MR) is 74.6 cm³/mol. The Kier molecular flexibility index (Phi) is 4.37. The molecule has 0 aliphatic heterocycles. The highest BCUT2D eigenvalue weighted by Crippen LogP contribution is 2.29. The standard InChI is InChI=1S/C15H16ClNO/c1-18-15(12-5-3-2-4-6-12)14(17)11-7-9-13(16)10-8-11/h2-10,14-15H,17H2,1H3. The topological polar surface area (TPSA) is 35.2 Å². The molecular weight excluding hydrogens is 246 g/mol. The van der Waals surface area contributed by atoms with E-state index >= 15 is 0 Å². The fourth-order valence-corrected chi connectivity index (χ4v) is 2.12. The van der Waals surface area contributed by atoms with Gasteiger partial charge in [0.05, 0.1) is 6.04 Å². The molecule has 0 saturated carbocycles. The highest BCUT2D eigenvalue weighted by Gasteiger charge is 2.20. The zero-order valence-corrected chi connectivity index (χ0v) is 11.0. The van der Waals surface area contributed by atoms with Crippen LogP contribution >= 0.6 is 11.6 Å². The van der Waals surface area contributed by atoms with Gasteiger partial charge in [-0.3, -0.25) is 0 Å². The van der Waals surface area contributed by atoms with E-state index in [0.29, 0.717) is 5.02 Å². The molecule has 2 aromatic rings. The maximum Gasteiger partial charge on any atom is 0.101 e. The van der Waals surface area contributed by atoms with Gasteiger partial charge in [0.25, 0.3) is 0 Å². The van der Waals surface area contributed by atoms with E-state index in [0.717, 1.165) is 11.1 Å². The van der Waals surface area contributed by atoms with E-state index in [1.54, 1.807) is 7.11 Å². The van der Waals surface area contributed by atoms with Crippen molar-refractivity contribution in [3.05, 3.63) is 70.7 Å². The first kappa shape index (κ1) is 13.1. The lowest BCUT2D eigenvalue weighted by molar-refractivity contribution is 0.0802. The molecule has 2 N–H and O–H groups in total. The van der Waals surface area contributed by atoms with Crippen LogP contribution < -0.4 is 5.73 Å². The van der Waals surface area contributed by atoms with Crippen LogP contribution in [0.5, 0.6) is 0 Å². The Balaban J connectivity index is 2.25. The van der Waals surface area contributed by atoms with Gasteiger partial charge in [0.15, 0.2) is 0 Å². The molecule has 0 radical (unpaired) electrons. The number of hydrogen-bond donors (Lipinski definition) is 1. The second kappa shape index (κ2) is 6.01. The van der Waals surface area contributed by atoms with Crippen molar-refractivity contribution in [2.24, 2.45) is 5.73 Å². The highest BCUT2D eigenvalue weighted by molar-refractivity contribution is 6.30. The van der Waals surface area contributed by atoms with Crippen molar-refractivity contribution < 1.29 is 4.74 Å². The average Bonchev–Trinajstić information content (AvgIpc) is 2.41. The maximum atomic E-state index is 6.26. The molecule has 0 saturated heterocycles. The van der Waals surface area contributed by atoms with Crippen LogP contribution in [0.3, 0.4) is 0 Å². The molecule has 0 heterocycles. The first-order valence-corrected chi connectivity index (χ1v) is 6.19. The van der Waals surface area contributed by atoms with Crippen LogP contribution in [0.4, 0.5) is 0 Å². The Morgan fingerprint density at radius 1 is 0.944 bits per heavy atom. The van der Waals surface area contributed by atoms with E-state index in [1.165, 1.54) is 0 Å². The van der Waals surface area contributed by atoms with Crippen molar-refractivity contribution in [1.29, 1.82) is 0 Å². The summed E-state index contributed by atoms with van der Waals surface area (Å²) < 4.78 is 5.52. The third-order valence-corrected chi connectivity index (χ3v) is 3.22. The summed E-state index contributed by atoms with van der Waals surface area (Å²) in [6, 6.07) is 17.3. The number of rotatable bonds is 4. The molecule has 2 rings (SSSR count). The molecular formula is C15H16ClNO. The van der Waals surface area contributed by atoms with Gasteiger partial charge in [-0.2, -0.15) is 0 Å². The zero-order valence-electron chi connectivity index (χ0n) is 10.2. The van der Waals surface area contributed by atoms with Crippen LogP contribution in [0.1, 0.15) is 23.3 Å². The van der Waals surface area contributed by atoms with Crippen molar-refractivity contribution in [2.75, 3.05) is 7.11 Å². The van der Waals surface area contributed by atoms with Gasteiger partial charge < -0.3 is 10.5 Å². The van der Waals surface area contributed by atoms with E-state index in [2.05, 4.69) is 0 Å². The van der Waals surface area contributed by atoms with Gasteiger partial charge in [0.2, 0.25) is 0 Å². The molecule has 0 bridgehead atoms. The smallest absolute Gasteiger partial charge is 0.101 e. The van der Waals surface area contributed by atoms with Crippen molar-refractivity contribution in [2.45, 2.75) is 12.1 Å². The fourth-order valence-electron chi connectivity index (χ4n) is 1.99. The number of nitrogens with two attached hydrogens (primary N) is 1. The lowest BCUT2D eigenvalue weighted by atomic mass is 9.96. The molecule has 0 spiro atoms. The number of halogens is 1. The van der Waals surface area contributed by atoms with E-state index in [1.807, 2.05) is 54.6 Å². The molecule has 94 valence electrons. The molecule has 18 heavy (non-hydrogen) atoms. The van der Waals surface area contributed by atoms with Crippen molar-refractivity contribution in [1.82, 2.24) is 0 Å². The minimum Gasteiger partial charge on any atom is -0.375 e. The molecule has 0 aliphatic carbocycles. The molecule has 2 nitrogen and oxygen atoms in total. The van der Waals surface area contributed by atoms with Crippen LogP contribution in [0, 0.1) is 0 Å². The monoisotopic (exact) mass is 261 g/mol. The van der Waals surface area contributed by atoms with E-state index in [4.69, 9.17) is 22.1 Å². The van der Waals surface area contributed by atoms with Gasteiger partial charge in [-0.15, -0.1) is 0 Å². The quantitative estimate of drug-likeness (QED) is 0.910. The number of ether oxygens (including phenoxy) is 1. The Morgan fingerprint density at radius 2 is 1.56 bits per heavy atom. The summed E-state index contributed by atoms with van der Waals surface area (Å²) in [4.78, 5) is 0. The summed E-state index contributed by atoms with van der Waals surface area (Å²) >= 11 is 5.87. The minimum absolute atomic E-state index is 0.160. The van der Waals surface area contributed by atoms with Crippen LogP contribution in [-0.4, -0.2) is 7.11 Å². The summed E-state index contributed by atoms with van der Waals surface area (Å²) in [6.07, 6.45) is -0.160. The lowest BCUT2D eigenvalue weighted by Gasteiger charge is -2.23. The fraction of sp³-hybridized carbons (Fsp3) is 0.200. The van der Waals surface area contributed by atoms with Crippen molar-refractivity contribution in [3.63, 3.8) is 0 Å². The van der Waals surface area contributed by atoms with Crippen molar-refractivity contribution in [3.8, 4) is 0 Å². The average molecular weight is 262 g/mol. The second-order valence-electron chi connectivity index (χ2n) is 4.14. The lowest BCUT2D eigenvalue weighted by Crippen LogP contribution is -2.21. The van der Waals surface area contributed by atoms with Gasteiger partial charge >= 0.3 is 0 Å². The van der Waals surface area contributed by atoms with Gasteiger partial charge in [-0.1, -0.05) is 54.1 Å². The molecule has 2 unspecified atom stereocenters. The van der Waals surface area contributed by atoms with Gasteiger partial charge in [0.1, 0.15) is 6.10 Å². The third kappa shape index (κ3) is 2.91. The molecule has 2 atom stereocenters. The number of benzene rings is 2. The molecule has 0 fully saturated rings. The maximum absolute atomic E-state index is 6.26. The SMILES string of the molecule is COC(c1ccccc1)C(N)c1ccc(Cl)cc1. The third-order valence-electron chi connectivity index (χ3n) is 2.96. The van der Waals surface area contributed by atoms with Crippen molar-refractivity contribution >= 4 is 11.6 Å². The van der Waals surface area contributed by atoms with Crippen LogP contribution in [-0.2, 0) is 4.74 Å². The normalized spacial score (nSPS) is 14.2. The van der Waals surface area contributed by atoms with E-state index in [-0.39, 0.29) is 12.1 Å². The Labute approximate surface area is 112 Å². The van der Waals surface area contributed by atoms with E-state index < -0.39 is 0 Å². The molecule has 0 aliphatic rings. The first-order chi connectivity index (χ1) is 8.72. The molecule has 0 aromatic heterocycles. The van der Waals surface area contributed by atoms with Crippen LogP contribution in [0.15, 0.2) is 54.6 Å². The Bertz CT molecular complexity index is 484. The summed E-state index contributed by atoms with van der Waals surface area (Å²) in [5, 5.41) is 0.708. The number of methoxy groups -OCH3 is 1. The first-order valence-electron chi connectivity index (χ1n) is 5.81. The molecule has 2 aromatic carbocycles. The minimum atomic E-state index is -0.213. The largest absolute Gasteiger partial charge is 0.375 e. The summed E-state index contributed by atoms with van der Waals surface area (Å²) in [7, 11) is 1.67. The zero-order chi connectivity index (χ0) is 13.0. The van der Waals surface area contributed by atoms with Gasteiger partial charge in [-0.25, -0.2) is 0 Å². The van der Waals surface area contributed by atoms with Gasteiger partial charge in [-0.05, 0) is 23.3 Å². The Morgan fingerprint density at radius 3 is 2.11 bits per heavy atom. The van der Waals surface area contributed by atoms with E-state index in [9.17, 15) is 0 Å². The van der Waals surface area contributed by atoms with Crippen LogP contribution in [0.25, 0.3) is 0 Å². The summed E-state index contributed by atoms with van der Waals surface area (Å²) in [5.41, 5.74) is 8.34. The predicted octanol–water partition coefficient (Wildman–Crippen LogP) is 3.73. The number of hydrogen-bond acceptors (Lipinski definition) is 2. The van der Waals surface area contributed by atoms with Crippen LogP contribution in [0.2, 0.25) is 5.02 Å². The second-order valence-corrected chi connectivity index (χ2v) is 4.58. The molecule has 0 amide bonds. The Hall–Kier alpha value is -1.35. The summed E-state index contributed by atoms with van der Waals surface area (Å²) in [6.45, 7) is 0.